The van der Waals surface area contributed by atoms with Crippen molar-refractivity contribution in [3.63, 3.8) is 0 Å². The van der Waals surface area contributed by atoms with Gasteiger partial charge in [-0.2, -0.15) is 0 Å². The smallest absolute Gasteiger partial charge is 0.230 e. The van der Waals surface area contributed by atoms with Crippen molar-refractivity contribution in [3.05, 3.63) is 35.9 Å². The average molecular weight is 317 g/mol. The first-order chi connectivity index (χ1) is 11.2. The van der Waals surface area contributed by atoms with Gasteiger partial charge in [-0.15, -0.1) is 0 Å². The Hall–Kier alpha value is -1.39. The molecule has 0 radical (unpaired) electrons. The molecule has 0 N–H and O–H groups in total. The van der Waals surface area contributed by atoms with Crippen molar-refractivity contribution in [3.8, 4) is 0 Å². The van der Waals surface area contributed by atoms with Crippen LogP contribution in [0.25, 0.3) is 0 Å². The van der Waals surface area contributed by atoms with Crippen LogP contribution >= 0.6 is 0 Å². The fourth-order valence-corrected chi connectivity index (χ4v) is 3.66. The third-order valence-corrected chi connectivity index (χ3v) is 5.29. The van der Waals surface area contributed by atoms with E-state index in [-0.39, 0.29) is 11.8 Å². The summed E-state index contributed by atoms with van der Waals surface area (Å²) in [5.41, 5.74) is 1.13. The van der Waals surface area contributed by atoms with Gasteiger partial charge in [0, 0.05) is 25.9 Å². The van der Waals surface area contributed by atoms with E-state index in [9.17, 15) is 4.79 Å². The summed E-state index contributed by atoms with van der Waals surface area (Å²) in [6.45, 7) is 7.11. The van der Waals surface area contributed by atoms with Crippen LogP contribution in [0.15, 0.2) is 30.3 Å². The Labute approximate surface area is 138 Å². The highest BCUT2D eigenvalue weighted by Crippen LogP contribution is 2.34. The number of hydrogen-bond acceptors (Lipinski definition) is 3. The topological polar surface area (TPSA) is 38.8 Å². The second-order valence-electron chi connectivity index (χ2n) is 6.71. The van der Waals surface area contributed by atoms with E-state index >= 15 is 0 Å². The normalized spacial score (nSPS) is 23.0. The summed E-state index contributed by atoms with van der Waals surface area (Å²) in [5.74, 6) is 0.105. The van der Waals surface area contributed by atoms with Crippen LogP contribution in [-0.2, 0) is 14.3 Å². The number of nitrogens with zero attached hydrogens (tertiary/aromatic N) is 1. The molecule has 126 valence electrons. The second-order valence-corrected chi connectivity index (χ2v) is 6.71. The van der Waals surface area contributed by atoms with Gasteiger partial charge in [-0.25, -0.2) is 0 Å². The highest BCUT2D eigenvalue weighted by atomic mass is 16.7. The molecule has 1 spiro atoms. The SMILES string of the molecule is CC[C@H](C)[C@H](C(=O)N1CCC2(CC1)OCCO2)c1ccccc1. The second kappa shape index (κ2) is 7.02. The van der Waals surface area contributed by atoms with E-state index in [4.69, 9.17) is 9.47 Å². The molecule has 0 bridgehead atoms. The zero-order valence-corrected chi connectivity index (χ0v) is 14.2. The molecule has 0 aromatic heterocycles. The van der Waals surface area contributed by atoms with Crippen LogP contribution in [0, 0.1) is 5.92 Å². The third kappa shape index (κ3) is 3.43. The number of piperidine rings is 1. The molecule has 2 fully saturated rings. The molecule has 1 amide bonds. The first-order valence-electron chi connectivity index (χ1n) is 8.77. The number of carbonyl (C=O) groups is 1. The average Bonchev–Trinajstić information content (AvgIpc) is 3.04. The first kappa shape index (κ1) is 16.5. The number of hydrogen-bond donors (Lipinski definition) is 0. The van der Waals surface area contributed by atoms with E-state index in [0.717, 1.165) is 37.9 Å². The summed E-state index contributed by atoms with van der Waals surface area (Å²) >= 11 is 0. The van der Waals surface area contributed by atoms with Crippen molar-refractivity contribution in [2.75, 3.05) is 26.3 Å². The van der Waals surface area contributed by atoms with Crippen molar-refractivity contribution >= 4 is 5.91 Å². The van der Waals surface area contributed by atoms with Gasteiger partial charge in [0.25, 0.3) is 0 Å². The Morgan fingerprint density at radius 2 is 1.78 bits per heavy atom. The number of ether oxygens (including phenoxy) is 2. The lowest BCUT2D eigenvalue weighted by Gasteiger charge is -2.39. The molecule has 23 heavy (non-hydrogen) atoms. The number of amides is 1. The third-order valence-electron chi connectivity index (χ3n) is 5.29. The molecular weight excluding hydrogens is 290 g/mol. The Kier molecular flexibility index (Phi) is 5.02. The number of likely N-dealkylation sites (tertiary alicyclic amines) is 1. The van der Waals surface area contributed by atoms with Crippen molar-refractivity contribution in [1.82, 2.24) is 4.90 Å². The molecule has 2 atom stereocenters. The van der Waals surface area contributed by atoms with E-state index in [2.05, 4.69) is 26.0 Å². The molecule has 0 unspecified atom stereocenters. The molecule has 4 nitrogen and oxygen atoms in total. The van der Waals surface area contributed by atoms with Gasteiger partial charge in [-0.3, -0.25) is 4.79 Å². The van der Waals surface area contributed by atoms with Gasteiger partial charge in [0.2, 0.25) is 5.91 Å². The quantitative estimate of drug-likeness (QED) is 0.856. The summed E-state index contributed by atoms with van der Waals surface area (Å²) < 4.78 is 11.5. The molecule has 1 aromatic rings. The van der Waals surface area contributed by atoms with Crippen LogP contribution < -0.4 is 0 Å². The van der Waals surface area contributed by atoms with Crippen LogP contribution in [0.2, 0.25) is 0 Å². The minimum atomic E-state index is -0.421. The summed E-state index contributed by atoms with van der Waals surface area (Å²) in [5, 5.41) is 0. The summed E-state index contributed by atoms with van der Waals surface area (Å²) in [6, 6.07) is 10.2. The maximum atomic E-state index is 13.1. The lowest BCUT2D eigenvalue weighted by atomic mass is 9.84. The van der Waals surface area contributed by atoms with Crippen molar-refractivity contribution < 1.29 is 14.3 Å². The predicted octanol–water partition coefficient (Wildman–Crippen LogP) is 3.18. The van der Waals surface area contributed by atoms with Crippen molar-refractivity contribution in [2.45, 2.75) is 44.8 Å². The maximum absolute atomic E-state index is 13.1. The maximum Gasteiger partial charge on any atom is 0.230 e. The summed E-state index contributed by atoms with van der Waals surface area (Å²) in [7, 11) is 0. The van der Waals surface area contributed by atoms with Crippen LogP contribution in [0.5, 0.6) is 0 Å². The fourth-order valence-electron chi connectivity index (χ4n) is 3.66. The van der Waals surface area contributed by atoms with Crippen LogP contribution in [0.4, 0.5) is 0 Å². The van der Waals surface area contributed by atoms with Crippen LogP contribution in [0.1, 0.15) is 44.6 Å². The molecule has 2 saturated heterocycles. The van der Waals surface area contributed by atoms with Gasteiger partial charge in [-0.05, 0) is 11.5 Å². The van der Waals surface area contributed by atoms with E-state index in [1.165, 1.54) is 0 Å². The lowest BCUT2D eigenvalue weighted by Crippen LogP contribution is -2.49. The molecule has 2 heterocycles. The van der Waals surface area contributed by atoms with Crippen molar-refractivity contribution in [2.24, 2.45) is 5.92 Å². The van der Waals surface area contributed by atoms with E-state index in [0.29, 0.717) is 19.1 Å². The summed E-state index contributed by atoms with van der Waals surface area (Å²) in [4.78, 5) is 15.1. The highest BCUT2D eigenvalue weighted by molar-refractivity contribution is 5.84. The molecule has 0 saturated carbocycles. The number of benzene rings is 1. The zero-order valence-electron chi connectivity index (χ0n) is 14.2. The van der Waals surface area contributed by atoms with Gasteiger partial charge >= 0.3 is 0 Å². The van der Waals surface area contributed by atoms with E-state index in [1.54, 1.807) is 0 Å². The van der Waals surface area contributed by atoms with Crippen LogP contribution in [0.3, 0.4) is 0 Å². The van der Waals surface area contributed by atoms with Gasteiger partial charge in [-0.1, -0.05) is 50.6 Å². The number of carbonyl (C=O) groups excluding carboxylic acids is 1. The highest BCUT2D eigenvalue weighted by Gasteiger charge is 2.42. The van der Waals surface area contributed by atoms with Gasteiger partial charge in [0.1, 0.15) is 0 Å². The molecule has 0 aliphatic carbocycles. The van der Waals surface area contributed by atoms with Crippen LogP contribution in [-0.4, -0.2) is 42.9 Å². The minimum Gasteiger partial charge on any atom is -0.347 e. The largest absolute Gasteiger partial charge is 0.347 e. The monoisotopic (exact) mass is 317 g/mol. The number of rotatable bonds is 4. The molecule has 2 aliphatic rings. The first-order valence-corrected chi connectivity index (χ1v) is 8.77. The van der Waals surface area contributed by atoms with E-state index in [1.807, 2.05) is 23.1 Å². The van der Waals surface area contributed by atoms with Crippen molar-refractivity contribution in [1.29, 1.82) is 0 Å². The minimum absolute atomic E-state index is 0.0549. The zero-order chi connectivity index (χ0) is 16.3. The molecule has 4 heteroatoms. The molecule has 1 aromatic carbocycles. The molecular formula is C19H27NO3. The Morgan fingerprint density at radius 3 is 2.35 bits per heavy atom. The standard InChI is InChI=1S/C19H27NO3/c1-3-15(2)17(16-7-5-4-6-8-16)18(21)20-11-9-19(10-12-20)22-13-14-23-19/h4-8,15,17H,3,9-14H2,1-2H3/t15-,17-/m0/s1. The lowest BCUT2D eigenvalue weighted by molar-refractivity contribution is -0.188. The Morgan fingerprint density at radius 1 is 1.17 bits per heavy atom. The summed E-state index contributed by atoms with van der Waals surface area (Å²) in [6.07, 6.45) is 2.55. The van der Waals surface area contributed by atoms with Gasteiger partial charge < -0.3 is 14.4 Å². The Balaban J connectivity index is 1.72. The van der Waals surface area contributed by atoms with E-state index < -0.39 is 5.79 Å². The van der Waals surface area contributed by atoms with Gasteiger partial charge in [0.05, 0.1) is 19.1 Å². The predicted molar refractivity (Wildman–Crippen MR) is 89.1 cm³/mol. The van der Waals surface area contributed by atoms with Gasteiger partial charge in [0.15, 0.2) is 5.79 Å². The molecule has 2 aliphatic heterocycles. The molecule has 3 rings (SSSR count). The Bertz CT molecular complexity index is 515. The fraction of sp³-hybridized carbons (Fsp3) is 0.632.